The van der Waals surface area contributed by atoms with E-state index in [1.807, 2.05) is 54.6 Å². The van der Waals surface area contributed by atoms with Crippen molar-refractivity contribution in [2.24, 2.45) is 0 Å². The van der Waals surface area contributed by atoms with Crippen molar-refractivity contribution in [3.8, 4) is 23.3 Å². The zero-order valence-electron chi connectivity index (χ0n) is 13.5. The minimum atomic E-state index is -0.182. The van der Waals surface area contributed by atoms with Crippen molar-refractivity contribution in [2.45, 2.75) is 0 Å². The first-order valence-corrected chi connectivity index (χ1v) is 7.52. The van der Waals surface area contributed by atoms with Crippen LogP contribution >= 0.6 is 0 Å². The van der Waals surface area contributed by atoms with Gasteiger partial charge in [-0.25, -0.2) is 0 Å². The smallest absolute Gasteiger partial charge is 0.244 e. The highest BCUT2D eigenvalue weighted by Gasteiger charge is 2.00. The van der Waals surface area contributed by atoms with Crippen molar-refractivity contribution < 1.29 is 14.3 Å². The van der Waals surface area contributed by atoms with Gasteiger partial charge in [0.1, 0.15) is 6.61 Å². The number of para-hydroxylation sites is 2. The second-order valence-electron chi connectivity index (χ2n) is 4.75. The van der Waals surface area contributed by atoms with Crippen molar-refractivity contribution in [1.29, 1.82) is 0 Å². The monoisotopic (exact) mass is 321 g/mol. The van der Waals surface area contributed by atoms with E-state index < -0.39 is 0 Å². The van der Waals surface area contributed by atoms with Gasteiger partial charge in [-0.05, 0) is 23.8 Å². The molecule has 2 aromatic carbocycles. The molecule has 122 valence electrons. The van der Waals surface area contributed by atoms with Crippen LogP contribution in [0.4, 0.5) is 0 Å². The average Bonchev–Trinajstić information content (AvgIpc) is 2.64. The molecule has 0 unspecified atom stereocenters. The van der Waals surface area contributed by atoms with Crippen molar-refractivity contribution in [1.82, 2.24) is 5.32 Å². The first-order valence-electron chi connectivity index (χ1n) is 7.52. The van der Waals surface area contributed by atoms with Crippen molar-refractivity contribution in [3.63, 3.8) is 0 Å². The van der Waals surface area contributed by atoms with Crippen LogP contribution in [0.3, 0.4) is 0 Å². The molecule has 1 N–H and O–H groups in total. The number of amides is 1. The van der Waals surface area contributed by atoms with Crippen molar-refractivity contribution in [2.75, 3.05) is 20.3 Å². The van der Waals surface area contributed by atoms with Crippen LogP contribution in [0, 0.1) is 11.8 Å². The van der Waals surface area contributed by atoms with E-state index in [2.05, 4.69) is 17.2 Å². The molecule has 0 aliphatic rings. The quantitative estimate of drug-likeness (QED) is 0.657. The summed E-state index contributed by atoms with van der Waals surface area (Å²) in [5.74, 6) is 6.81. The van der Waals surface area contributed by atoms with Crippen LogP contribution in [0.25, 0.3) is 6.08 Å². The molecule has 0 heterocycles. The van der Waals surface area contributed by atoms with E-state index in [-0.39, 0.29) is 19.1 Å². The van der Waals surface area contributed by atoms with Crippen LogP contribution in [-0.4, -0.2) is 26.2 Å². The normalized spacial score (nSPS) is 9.88. The van der Waals surface area contributed by atoms with E-state index in [1.54, 1.807) is 13.2 Å². The van der Waals surface area contributed by atoms with E-state index in [9.17, 15) is 4.79 Å². The van der Waals surface area contributed by atoms with Gasteiger partial charge in [0, 0.05) is 6.08 Å². The Bertz CT molecular complexity index is 742. The van der Waals surface area contributed by atoms with E-state index >= 15 is 0 Å². The number of benzene rings is 2. The third-order valence-corrected chi connectivity index (χ3v) is 3.07. The first-order chi connectivity index (χ1) is 11.8. The number of carbonyl (C=O) groups excluding carboxylic acids is 1. The molecule has 0 saturated carbocycles. The van der Waals surface area contributed by atoms with Gasteiger partial charge in [0.25, 0.3) is 0 Å². The molecular formula is C20H19NO3. The molecule has 0 saturated heterocycles. The summed E-state index contributed by atoms with van der Waals surface area (Å²) in [5, 5.41) is 2.69. The van der Waals surface area contributed by atoms with Crippen LogP contribution in [-0.2, 0) is 4.79 Å². The second-order valence-corrected chi connectivity index (χ2v) is 4.75. The number of hydrogen-bond donors (Lipinski definition) is 1. The fourth-order valence-electron chi connectivity index (χ4n) is 1.89. The molecule has 0 fully saturated rings. The third-order valence-electron chi connectivity index (χ3n) is 3.07. The minimum Gasteiger partial charge on any atom is -0.493 e. The molecule has 0 atom stereocenters. The predicted octanol–water partition coefficient (Wildman–Crippen LogP) is 2.91. The van der Waals surface area contributed by atoms with E-state index in [0.29, 0.717) is 11.5 Å². The lowest BCUT2D eigenvalue weighted by Gasteiger charge is -2.07. The molecule has 0 aromatic heterocycles. The molecule has 4 heteroatoms. The first kappa shape index (κ1) is 17.2. The zero-order valence-corrected chi connectivity index (χ0v) is 13.5. The molecule has 0 radical (unpaired) electrons. The summed E-state index contributed by atoms with van der Waals surface area (Å²) in [6.45, 7) is 0.503. The van der Waals surface area contributed by atoms with Gasteiger partial charge in [0.15, 0.2) is 11.5 Å². The third kappa shape index (κ3) is 5.90. The van der Waals surface area contributed by atoms with E-state index in [1.165, 1.54) is 6.08 Å². The van der Waals surface area contributed by atoms with Crippen LogP contribution in [0.5, 0.6) is 11.5 Å². The van der Waals surface area contributed by atoms with Gasteiger partial charge in [-0.1, -0.05) is 54.3 Å². The minimum absolute atomic E-state index is 0.182. The van der Waals surface area contributed by atoms with Gasteiger partial charge in [-0.15, -0.1) is 0 Å². The molecule has 2 aromatic rings. The largest absolute Gasteiger partial charge is 0.493 e. The summed E-state index contributed by atoms with van der Waals surface area (Å²) in [7, 11) is 1.59. The molecule has 4 nitrogen and oxygen atoms in total. The molecule has 24 heavy (non-hydrogen) atoms. The van der Waals surface area contributed by atoms with Gasteiger partial charge >= 0.3 is 0 Å². The highest BCUT2D eigenvalue weighted by Crippen LogP contribution is 2.25. The summed E-state index contributed by atoms with van der Waals surface area (Å²) in [6.07, 6.45) is 3.25. The van der Waals surface area contributed by atoms with Crippen LogP contribution in [0.2, 0.25) is 0 Å². The van der Waals surface area contributed by atoms with E-state index in [0.717, 1.165) is 5.56 Å². The number of nitrogens with one attached hydrogen (secondary N) is 1. The standard InChI is InChI=1S/C20H19NO3/c1-23-18-11-5-6-12-19(18)24-16-8-7-15-21-20(22)14-13-17-9-3-2-4-10-17/h2-6,9-14H,15-16H2,1H3,(H,21,22)/b14-13+. The fourth-order valence-corrected chi connectivity index (χ4v) is 1.89. The molecule has 0 spiro atoms. The average molecular weight is 321 g/mol. The Balaban J connectivity index is 1.70. The Hall–Kier alpha value is -3.19. The van der Waals surface area contributed by atoms with Gasteiger partial charge in [-0.2, -0.15) is 0 Å². The highest BCUT2D eigenvalue weighted by atomic mass is 16.5. The number of carbonyl (C=O) groups is 1. The maximum atomic E-state index is 11.6. The number of rotatable bonds is 6. The Morgan fingerprint density at radius 3 is 2.50 bits per heavy atom. The Morgan fingerprint density at radius 2 is 1.75 bits per heavy atom. The van der Waals surface area contributed by atoms with Gasteiger partial charge in [0.2, 0.25) is 5.91 Å². The maximum Gasteiger partial charge on any atom is 0.244 e. The predicted molar refractivity (Wildman–Crippen MR) is 94.8 cm³/mol. The summed E-state index contributed by atoms with van der Waals surface area (Å²) in [4.78, 5) is 11.6. The summed E-state index contributed by atoms with van der Waals surface area (Å²) >= 11 is 0. The van der Waals surface area contributed by atoms with Crippen LogP contribution in [0.1, 0.15) is 5.56 Å². The van der Waals surface area contributed by atoms with Crippen LogP contribution < -0.4 is 14.8 Å². The van der Waals surface area contributed by atoms with Gasteiger partial charge in [0.05, 0.1) is 13.7 Å². The lowest BCUT2D eigenvalue weighted by molar-refractivity contribution is -0.116. The Morgan fingerprint density at radius 1 is 1.04 bits per heavy atom. The molecular weight excluding hydrogens is 302 g/mol. The maximum absolute atomic E-state index is 11.6. The topological polar surface area (TPSA) is 47.6 Å². The number of methoxy groups -OCH3 is 1. The zero-order chi connectivity index (χ0) is 17.0. The summed E-state index contributed by atoms with van der Waals surface area (Å²) < 4.78 is 10.7. The van der Waals surface area contributed by atoms with E-state index in [4.69, 9.17) is 9.47 Å². The molecule has 1 amide bonds. The summed E-state index contributed by atoms with van der Waals surface area (Å²) in [6, 6.07) is 17.0. The summed E-state index contributed by atoms with van der Waals surface area (Å²) in [5.41, 5.74) is 0.976. The molecule has 0 bridgehead atoms. The number of hydrogen-bond acceptors (Lipinski definition) is 3. The van der Waals surface area contributed by atoms with Gasteiger partial charge in [-0.3, -0.25) is 4.79 Å². The molecule has 2 rings (SSSR count). The SMILES string of the molecule is COc1ccccc1OCC#CCNC(=O)/C=C/c1ccccc1. The lowest BCUT2D eigenvalue weighted by atomic mass is 10.2. The lowest BCUT2D eigenvalue weighted by Crippen LogP contribution is -2.21. The highest BCUT2D eigenvalue weighted by molar-refractivity contribution is 5.91. The number of ether oxygens (including phenoxy) is 2. The van der Waals surface area contributed by atoms with Crippen LogP contribution in [0.15, 0.2) is 60.7 Å². The molecule has 0 aliphatic heterocycles. The Labute approximate surface area is 142 Å². The van der Waals surface area contributed by atoms with Gasteiger partial charge < -0.3 is 14.8 Å². The van der Waals surface area contributed by atoms with Crippen molar-refractivity contribution >= 4 is 12.0 Å². The second kappa shape index (κ2) is 9.75. The molecule has 0 aliphatic carbocycles. The Kier molecular flexibility index (Phi) is 6.98. The van der Waals surface area contributed by atoms with Crippen molar-refractivity contribution in [3.05, 3.63) is 66.2 Å². The fraction of sp³-hybridized carbons (Fsp3) is 0.150.